The van der Waals surface area contributed by atoms with Crippen molar-refractivity contribution in [2.75, 3.05) is 7.11 Å². The fourth-order valence-electron chi connectivity index (χ4n) is 3.10. The number of benzene rings is 2. The quantitative estimate of drug-likeness (QED) is 0.413. The molecule has 154 valence electrons. The van der Waals surface area contributed by atoms with Crippen LogP contribution in [0.4, 0.5) is 0 Å². The van der Waals surface area contributed by atoms with E-state index in [4.69, 9.17) is 9.47 Å². The van der Waals surface area contributed by atoms with E-state index in [0.29, 0.717) is 5.92 Å². The van der Waals surface area contributed by atoms with Gasteiger partial charge in [0.2, 0.25) is 0 Å². The summed E-state index contributed by atoms with van der Waals surface area (Å²) in [6.45, 7) is 9.29. The summed E-state index contributed by atoms with van der Waals surface area (Å²) in [6, 6.07) is 16.4. The van der Waals surface area contributed by atoms with E-state index in [0.717, 1.165) is 34.8 Å². The van der Waals surface area contributed by atoms with Crippen LogP contribution in [0.25, 0.3) is 0 Å². The molecule has 1 unspecified atom stereocenters. The van der Waals surface area contributed by atoms with Crippen LogP contribution in [0.5, 0.6) is 11.5 Å². The lowest BCUT2D eigenvalue weighted by Gasteiger charge is -2.16. The van der Waals surface area contributed by atoms with Gasteiger partial charge in [-0.05, 0) is 55.2 Å². The number of ether oxygens (including phenoxy) is 2. The standard InChI is InChI=1S/C23H29N3O2S/c1-6-26-22(17(4)28-20-12-10-19(11-13-20)16(2)3)24-25-23(26)29-15-18-8-7-9-21(14-18)27-5/h7-14,16-17H,6,15H2,1-5H3. The maximum atomic E-state index is 6.13. The predicted octanol–water partition coefficient (Wildman–Crippen LogP) is 5.86. The fraction of sp³-hybridized carbons (Fsp3) is 0.391. The van der Waals surface area contributed by atoms with Gasteiger partial charge in [0.1, 0.15) is 11.5 Å². The number of rotatable bonds is 9. The van der Waals surface area contributed by atoms with Crippen LogP contribution >= 0.6 is 11.8 Å². The zero-order valence-corrected chi connectivity index (χ0v) is 18.6. The first-order chi connectivity index (χ1) is 14.0. The second-order valence-electron chi connectivity index (χ2n) is 7.21. The molecule has 0 N–H and O–H groups in total. The summed E-state index contributed by atoms with van der Waals surface area (Å²) in [5, 5.41) is 9.73. The molecule has 5 nitrogen and oxygen atoms in total. The Morgan fingerprint density at radius 1 is 1.00 bits per heavy atom. The largest absolute Gasteiger partial charge is 0.497 e. The Kier molecular flexibility index (Phi) is 7.20. The van der Waals surface area contributed by atoms with Crippen molar-refractivity contribution in [3.8, 4) is 11.5 Å². The highest BCUT2D eigenvalue weighted by atomic mass is 32.2. The molecular formula is C23H29N3O2S. The van der Waals surface area contributed by atoms with Crippen molar-refractivity contribution in [1.29, 1.82) is 0 Å². The van der Waals surface area contributed by atoms with Crippen molar-refractivity contribution < 1.29 is 9.47 Å². The Morgan fingerprint density at radius 2 is 1.76 bits per heavy atom. The van der Waals surface area contributed by atoms with Crippen LogP contribution in [-0.2, 0) is 12.3 Å². The number of nitrogens with zero attached hydrogens (tertiary/aromatic N) is 3. The van der Waals surface area contributed by atoms with Crippen LogP contribution in [-0.4, -0.2) is 21.9 Å². The van der Waals surface area contributed by atoms with Crippen molar-refractivity contribution >= 4 is 11.8 Å². The number of methoxy groups -OCH3 is 1. The van der Waals surface area contributed by atoms with Gasteiger partial charge in [0.05, 0.1) is 7.11 Å². The second-order valence-corrected chi connectivity index (χ2v) is 8.15. The van der Waals surface area contributed by atoms with Crippen LogP contribution in [0, 0.1) is 0 Å². The molecule has 1 aromatic heterocycles. The number of hydrogen-bond donors (Lipinski definition) is 0. The van der Waals surface area contributed by atoms with E-state index in [9.17, 15) is 0 Å². The Hall–Kier alpha value is -2.47. The summed E-state index contributed by atoms with van der Waals surface area (Å²) in [5.41, 5.74) is 2.49. The molecule has 1 heterocycles. The van der Waals surface area contributed by atoms with E-state index in [1.165, 1.54) is 11.1 Å². The molecule has 0 fully saturated rings. The molecule has 0 aliphatic heterocycles. The first-order valence-corrected chi connectivity index (χ1v) is 11.0. The Bertz CT molecular complexity index is 922. The van der Waals surface area contributed by atoms with Crippen LogP contribution < -0.4 is 9.47 Å². The zero-order chi connectivity index (χ0) is 20.8. The monoisotopic (exact) mass is 411 g/mol. The van der Waals surface area contributed by atoms with Gasteiger partial charge < -0.3 is 14.0 Å². The third-order valence-electron chi connectivity index (χ3n) is 4.79. The van der Waals surface area contributed by atoms with E-state index in [2.05, 4.69) is 53.7 Å². The smallest absolute Gasteiger partial charge is 0.191 e. The summed E-state index contributed by atoms with van der Waals surface area (Å²) < 4.78 is 13.6. The van der Waals surface area contributed by atoms with Crippen molar-refractivity contribution in [2.24, 2.45) is 0 Å². The number of aromatic nitrogens is 3. The lowest BCUT2D eigenvalue weighted by Crippen LogP contribution is -2.12. The minimum absolute atomic E-state index is 0.182. The zero-order valence-electron chi connectivity index (χ0n) is 17.8. The highest BCUT2D eigenvalue weighted by Crippen LogP contribution is 2.28. The first kappa shape index (κ1) is 21.2. The number of thioether (sulfide) groups is 1. The van der Waals surface area contributed by atoms with E-state index >= 15 is 0 Å². The van der Waals surface area contributed by atoms with E-state index in [1.807, 2.05) is 37.3 Å². The molecular weight excluding hydrogens is 382 g/mol. The Morgan fingerprint density at radius 3 is 2.41 bits per heavy atom. The Labute approximate surface area is 177 Å². The third kappa shape index (κ3) is 5.32. The number of hydrogen-bond acceptors (Lipinski definition) is 5. The topological polar surface area (TPSA) is 49.2 Å². The fourth-order valence-corrected chi connectivity index (χ4v) is 4.06. The van der Waals surface area contributed by atoms with Gasteiger partial charge in [-0.25, -0.2) is 0 Å². The van der Waals surface area contributed by atoms with Crippen molar-refractivity contribution in [3.63, 3.8) is 0 Å². The summed E-state index contributed by atoms with van der Waals surface area (Å²) in [5.74, 6) is 3.87. The molecule has 0 spiro atoms. The van der Waals surface area contributed by atoms with Crippen LogP contribution in [0.2, 0.25) is 0 Å². The van der Waals surface area contributed by atoms with Crippen LogP contribution in [0.3, 0.4) is 0 Å². The maximum absolute atomic E-state index is 6.13. The van der Waals surface area contributed by atoms with E-state index < -0.39 is 0 Å². The molecule has 29 heavy (non-hydrogen) atoms. The highest BCUT2D eigenvalue weighted by Gasteiger charge is 2.19. The van der Waals surface area contributed by atoms with Gasteiger partial charge in [-0.1, -0.05) is 49.9 Å². The molecule has 6 heteroatoms. The molecule has 2 aromatic carbocycles. The minimum atomic E-state index is -0.182. The van der Waals surface area contributed by atoms with Gasteiger partial charge in [0.25, 0.3) is 0 Å². The Balaban J connectivity index is 1.69. The van der Waals surface area contributed by atoms with Gasteiger partial charge in [0, 0.05) is 12.3 Å². The SMILES string of the molecule is CCn1c(SCc2cccc(OC)c2)nnc1C(C)Oc1ccc(C(C)C)cc1. The van der Waals surface area contributed by atoms with Gasteiger partial charge in [-0.15, -0.1) is 10.2 Å². The predicted molar refractivity (Wildman–Crippen MR) is 118 cm³/mol. The van der Waals surface area contributed by atoms with Crippen molar-refractivity contribution in [3.05, 3.63) is 65.5 Å². The average Bonchev–Trinajstić information content (AvgIpc) is 3.16. The second kappa shape index (κ2) is 9.83. The molecule has 0 aliphatic carbocycles. The van der Waals surface area contributed by atoms with Crippen molar-refractivity contribution in [2.45, 2.75) is 57.2 Å². The highest BCUT2D eigenvalue weighted by molar-refractivity contribution is 7.98. The summed E-state index contributed by atoms with van der Waals surface area (Å²) >= 11 is 1.67. The van der Waals surface area contributed by atoms with Crippen molar-refractivity contribution in [1.82, 2.24) is 14.8 Å². The van der Waals surface area contributed by atoms with E-state index in [-0.39, 0.29) is 6.10 Å². The molecule has 0 amide bonds. The molecule has 0 radical (unpaired) electrons. The lowest BCUT2D eigenvalue weighted by atomic mass is 10.0. The maximum Gasteiger partial charge on any atom is 0.191 e. The van der Waals surface area contributed by atoms with Crippen LogP contribution in [0.15, 0.2) is 53.7 Å². The molecule has 0 aliphatic rings. The third-order valence-corrected chi connectivity index (χ3v) is 5.82. The van der Waals surface area contributed by atoms with Gasteiger partial charge in [0.15, 0.2) is 17.1 Å². The van der Waals surface area contributed by atoms with Gasteiger partial charge in [-0.3, -0.25) is 0 Å². The molecule has 0 saturated carbocycles. The van der Waals surface area contributed by atoms with Gasteiger partial charge in [-0.2, -0.15) is 0 Å². The average molecular weight is 412 g/mol. The molecule has 1 atom stereocenters. The molecule has 0 bridgehead atoms. The summed E-state index contributed by atoms with van der Waals surface area (Å²) in [4.78, 5) is 0. The molecule has 3 rings (SSSR count). The normalized spacial score (nSPS) is 12.2. The van der Waals surface area contributed by atoms with Gasteiger partial charge >= 0.3 is 0 Å². The summed E-state index contributed by atoms with van der Waals surface area (Å²) in [6.07, 6.45) is -0.182. The molecule has 0 saturated heterocycles. The summed E-state index contributed by atoms with van der Waals surface area (Å²) in [7, 11) is 1.68. The van der Waals surface area contributed by atoms with E-state index in [1.54, 1.807) is 18.9 Å². The van der Waals surface area contributed by atoms with Crippen LogP contribution in [0.1, 0.15) is 56.7 Å². The lowest BCUT2D eigenvalue weighted by molar-refractivity contribution is 0.210. The minimum Gasteiger partial charge on any atom is -0.497 e. The first-order valence-electron chi connectivity index (χ1n) is 9.97. The molecule has 3 aromatic rings.